The second-order valence-electron chi connectivity index (χ2n) is 6.53. The summed E-state index contributed by atoms with van der Waals surface area (Å²) in [6, 6.07) is 12.5. The van der Waals surface area contributed by atoms with Crippen LogP contribution < -0.4 is 5.32 Å². The molecule has 1 heteroatoms. The van der Waals surface area contributed by atoms with Crippen LogP contribution in [0.4, 0.5) is 0 Å². The second-order valence-corrected chi connectivity index (χ2v) is 6.53. The standard InChI is InChI=1S/C18H27N/c1-2-14-7-6-10-17(13-14)19-18(16-11-12-16)15-8-4-3-5-9-15/h3-5,8-9,14,16-19H,2,6-7,10-13H2,1H3. The Morgan fingerprint density at radius 3 is 2.58 bits per heavy atom. The molecule has 0 saturated heterocycles. The van der Waals surface area contributed by atoms with Crippen molar-refractivity contribution in [2.24, 2.45) is 11.8 Å². The first-order valence-electron chi connectivity index (χ1n) is 8.17. The lowest BCUT2D eigenvalue weighted by atomic mass is 9.83. The predicted molar refractivity (Wildman–Crippen MR) is 81.1 cm³/mol. The molecule has 2 aliphatic rings. The van der Waals surface area contributed by atoms with Crippen molar-refractivity contribution in [3.8, 4) is 0 Å². The van der Waals surface area contributed by atoms with Gasteiger partial charge in [-0.05, 0) is 43.1 Å². The first-order valence-corrected chi connectivity index (χ1v) is 8.17. The smallest absolute Gasteiger partial charge is 0.0351 e. The van der Waals surface area contributed by atoms with Gasteiger partial charge in [0.25, 0.3) is 0 Å². The van der Waals surface area contributed by atoms with E-state index in [1.165, 1.54) is 50.5 Å². The van der Waals surface area contributed by atoms with Crippen LogP contribution in [0.2, 0.25) is 0 Å². The lowest BCUT2D eigenvalue weighted by molar-refractivity contribution is 0.255. The van der Waals surface area contributed by atoms with E-state index < -0.39 is 0 Å². The largest absolute Gasteiger partial charge is 0.307 e. The van der Waals surface area contributed by atoms with Crippen LogP contribution >= 0.6 is 0 Å². The fraction of sp³-hybridized carbons (Fsp3) is 0.667. The van der Waals surface area contributed by atoms with Gasteiger partial charge >= 0.3 is 0 Å². The van der Waals surface area contributed by atoms with Crippen molar-refractivity contribution in [1.29, 1.82) is 0 Å². The maximum absolute atomic E-state index is 4.00. The van der Waals surface area contributed by atoms with E-state index in [-0.39, 0.29) is 0 Å². The molecule has 3 rings (SSSR count). The molecule has 0 spiro atoms. The van der Waals surface area contributed by atoms with Crippen molar-refractivity contribution < 1.29 is 0 Å². The Labute approximate surface area is 117 Å². The van der Waals surface area contributed by atoms with Gasteiger partial charge in [-0.3, -0.25) is 0 Å². The highest BCUT2D eigenvalue weighted by molar-refractivity contribution is 5.21. The minimum Gasteiger partial charge on any atom is -0.307 e. The van der Waals surface area contributed by atoms with E-state index in [2.05, 4.69) is 42.6 Å². The molecule has 2 fully saturated rings. The van der Waals surface area contributed by atoms with Gasteiger partial charge in [-0.2, -0.15) is 0 Å². The summed E-state index contributed by atoms with van der Waals surface area (Å²) in [6.45, 7) is 2.35. The Hall–Kier alpha value is -0.820. The van der Waals surface area contributed by atoms with Crippen LogP contribution in [-0.4, -0.2) is 6.04 Å². The average Bonchev–Trinajstić information content (AvgIpc) is 3.30. The molecule has 104 valence electrons. The maximum Gasteiger partial charge on any atom is 0.0351 e. The van der Waals surface area contributed by atoms with Gasteiger partial charge in [0.05, 0.1) is 0 Å². The zero-order valence-corrected chi connectivity index (χ0v) is 12.1. The van der Waals surface area contributed by atoms with Gasteiger partial charge in [-0.1, -0.05) is 56.5 Å². The van der Waals surface area contributed by atoms with Crippen LogP contribution in [0, 0.1) is 11.8 Å². The molecule has 0 aliphatic heterocycles. The highest BCUT2D eigenvalue weighted by Gasteiger charge is 2.34. The summed E-state index contributed by atoms with van der Waals surface area (Å²) in [5, 5.41) is 4.00. The summed E-state index contributed by atoms with van der Waals surface area (Å²) < 4.78 is 0. The molecule has 0 radical (unpaired) electrons. The predicted octanol–water partition coefficient (Wildman–Crippen LogP) is 4.70. The number of hydrogen-bond donors (Lipinski definition) is 1. The monoisotopic (exact) mass is 257 g/mol. The van der Waals surface area contributed by atoms with E-state index in [0.29, 0.717) is 6.04 Å². The van der Waals surface area contributed by atoms with Gasteiger partial charge < -0.3 is 5.32 Å². The summed E-state index contributed by atoms with van der Waals surface area (Å²) in [5.74, 6) is 1.85. The number of hydrogen-bond acceptors (Lipinski definition) is 1. The molecule has 1 nitrogen and oxygen atoms in total. The zero-order valence-electron chi connectivity index (χ0n) is 12.1. The average molecular weight is 257 g/mol. The Morgan fingerprint density at radius 1 is 1.11 bits per heavy atom. The van der Waals surface area contributed by atoms with E-state index in [4.69, 9.17) is 0 Å². The molecule has 0 heterocycles. The summed E-state index contributed by atoms with van der Waals surface area (Å²) in [4.78, 5) is 0. The lowest BCUT2D eigenvalue weighted by Gasteiger charge is -2.33. The van der Waals surface area contributed by atoms with Crippen molar-refractivity contribution in [3.05, 3.63) is 35.9 Å². The molecular weight excluding hydrogens is 230 g/mol. The van der Waals surface area contributed by atoms with Crippen molar-refractivity contribution in [3.63, 3.8) is 0 Å². The second kappa shape index (κ2) is 6.09. The SMILES string of the molecule is CCC1CCCC(NC(c2ccccc2)C2CC2)C1. The molecule has 2 aliphatic carbocycles. The Morgan fingerprint density at radius 2 is 1.89 bits per heavy atom. The van der Waals surface area contributed by atoms with Crippen LogP contribution in [-0.2, 0) is 0 Å². The Balaban J connectivity index is 1.65. The maximum atomic E-state index is 4.00. The van der Waals surface area contributed by atoms with Gasteiger partial charge in [0.2, 0.25) is 0 Å². The highest BCUT2D eigenvalue weighted by Crippen LogP contribution is 2.42. The van der Waals surface area contributed by atoms with Gasteiger partial charge in [0.15, 0.2) is 0 Å². The summed E-state index contributed by atoms with van der Waals surface area (Å²) in [7, 11) is 0. The third kappa shape index (κ3) is 3.39. The van der Waals surface area contributed by atoms with Crippen LogP contribution in [0.15, 0.2) is 30.3 Å². The van der Waals surface area contributed by atoms with Crippen molar-refractivity contribution >= 4 is 0 Å². The van der Waals surface area contributed by atoms with E-state index >= 15 is 0 Å². The molecule has 1 N–H and O–H groups in total. The van der Waals surface area contributed by atoms with E-state index in [9.17, 15) is 0 Å². The fourth-order valence-electron chi connectivity index (χ4n) is 3.66. The summed E-state index contributed by atoms with van der Waals surface area (Å²) in [6.07, 6.45) is 9.83. The van der Waals surface area contributed by atoms with Crippen LogP contribution in [0.1, 0.15) is 63.5 Å². The van der Waals surface area contributed by atoms with Crippen LogP contribution in [0.3, 0.4) is 0 Å². The van der Waals surface area contributed by atoms with Crippen LogP contribution in [0.5, 0.6) is 0 Å². The Kier molecular flexibility index (Phi) is 4.22. The topological polar surface area (TPSA) is 12.0 Å². The minimum absolute atomic E-state index is 0.613. The summed E-state index contributed by atoms with van der Waals surface area (Å²) in [5.41, 5.74) is 1.50. The Bertz CT molecular complexity index is 382. The number of benzene rings is 1. The number of rotatable bonds is 5. The van der Waals surface area contributed by atoms with E-state index in [1.807, 2.05) is 0 Å². The minimum atomic E-state index is 0.613. The van der Waals surface area contributed by atoms with Crippen molar-refractivity contribution in [1.82, 2.24) is 5.32 Å². The quantitative estimate of drug-likeness (QED) is 0.806. The molecule has 0 aromatic heterocycles. The first kappa shape index (κ1) is 13.2. The van der Waals surface area contributed by atoms with Gasteiger partial charge in [0, 0.05) is 12.1 Å². The lowest BCUT2D eigenvalue weighted by Crippen LogP contribution is -2.37. The molecule has 1 aromatic carbocycles. The molecule has 0 bridgehead atoms. The number of nitrogens with one attached hydrogen (secondary N) is 1. The molecule has 2 saturated carbocycles. The van der Waals surface area contributed by atoms with Crippen LogP contribution in [0.25, 0.3) is 0 Å². The molecule has 3 atom stereocenters. The van der Waals surface area contributed by atoms with Crippen molar-refractivity contribution in [2.75, 3.05) is 0 Å². The molecule has 1 aromatic rings. The highest BCUT2D eigenvalue weighted by atomic mass is 15.0. The zero-order chi connectivity index (χ0) is 13.1. The first-order chi connectivity index (χ1) is 9.36. The third-order valence-corrected chi connectivity index (χ3v) is 5.03. The van der Waals surface area contributed by atoms with Crippen molar-refractivity contribution in [2.45, 2.75) is 64.0 Å². The van der Waals surface area contributed by atoms with E-state index in [1.54, 1.807) is 0 Å². The van der Waals surface area contributed by atoms with Gasteiger partial charge in [-0.25, -0.2) is 0 Å². The van der Waals surface area contributed by atoms with Gasteiger partial charge in [0.1, 0.15) is 0 Å². The molecule has 0 amide bonds. The normalized spacial score (nSPS) is 29.1. The third-order valence-electron chi connectivity index (χ3n) is 5.03. The van der Waals surface area contributed by atoms with E-state index in [0.717, 1.165) is 17.9 Å². The van der Waals surface area contributed by atoms with Gasteiger partial charge in [-0.15, -0.1) is 0 Å². The molecule has 3 unspecified atom stereocenters. The summed E-state index contributed by atoms with van der Waals surface area (Å²) >= 11 is 0. The molecular formula is C18H27N. The molecule has 19 heavy (non-hydrogen) atoms. The fourth-order valence-corrected chi connectivity index (χ4v) is 3.66.